The van der Waals surface area contributed by atoms with E-state index in [0.717, 1.165) is 10.0 Å². The summed E-state index contributed by atoms with van der Waals surface area (Å²) in [6, 6.07) is 13.7. The van der Waals surface area contributed by atoms with Crippen molar-refractivity contribution >= 4 is 43.6 Å². The van der Waals surface area contributed by atoms with E-state index in [4.69, 9.17) is 11.6 Å². The van der Waals surface area contributed by atoms with Gasteiger partial charge in [0.05, 0.1) is 4.90 Å². The van der Waals surface area contributed by atoms with Gasteiger partial charge in [-0.1, -0.05) is 45.7 Å². The number of benzene rings is 2. The quantitative estimate of drug-likeness (QED) is 0.742. The maximum absolute atomic E-state index is 12.7. The summed E-state index contributed by atoms with van der Waals surface area (Å²) >= 11 is 9.30. The summed E-state index contributed by atoms with van der Waals surface area (Å²) < 4.78 is 27.7. The van der Waals surface area contributed by atoms with Crippen LogP contribution in [0, 0.1) is 0 Å². The van der Waals surface area contributed by atoms with E-state index in [-0.39, 0.29) is 24.0 Å². The summed E-state index contributed by atoms with van der Waals surface area (Å²) in [5.41, 5.74) is 0.986. The lowest BCUT2D eigenvalue weighted by Crippen LogP contribution is -2.52. The highest BCUT2D eigenvalue weighted by Gasteiger charge is 2.30. The van der Waals surface area contributed by atoms with Gasteiger partial charge in [-0.25, -0.2) is 13.2 Å². The van der Waals surface area contributed by atoms with Crippen LogP contribution < -0.4 is 5.32 Å². The Hall–Kier alpha value is -1.61. The van der Waals surface area contributed by atoms with Gasteiger partial charge >= 0.3 is 6.03 Å². The molecule has 1 aliphatic rings. The third kappa shape index (κ3) is 5.01. The SMILES string of the molecule is O=C(NCc1cccc(Br)c1)N1CCN(S(=O)(=O)c2cccc(Cl)c2)CC1. The van der Waals surface area contributed by atoms with Crippen LogP contribution in [0.2, 0.25) is 5.02 Å². The number of carbonyl (C=O) groups is 1. The highest BCUT2D eigenvalue weighted by Crippen LogP contribution is 2.21. The van der Waals surface area contributed by atoms with Gasteiger partial charge in [0, 0.05) is 42.2 Å². The summed E-state index contributed by atoms with van der Waals surface area (Å²) in [6.45, 7) is 1.59. The van der Waals surface area contributed by atoms with Crippen molar-refractivity contribution in [3.8, 4) is 0 Å². The molecule has 1 aliphatic heterocycles. The Labute approximate surface area is 172 Å². The van der Waals surface area contributed by atoms with Crippen LogP contribution in [0.25, 0.3) is 0 Å². The van der Waals surface area contributed by atoms with Crippen LogP contribution in [-0.2, 0) is 16.6 Å². The van der Waals surface area contributed by atoms with Gasteiger partial charge in [0.1, 0.15) is 0 Å². The Kier molecular flexibility index (Phi) is 6.41. The zero-order valence-corrected chi connectivity index (χ0v) is 17.6. The summed E-state index contributed by atoms with van der Waals surface area (Å²) in [7, 11) is -3.61. The molecular formula is C18H19BrClN3O3S. The normalized spacial score (nSPS) is 15.6. The first-order valence-electron chi connectivity index (χ1n) is 8.39. The Morgan fingerprint density at radius 1 is 1.07 bits per heavy atom. The Morgan fingerprint density at radius 2 is 1.78 bits per heavy atom. The van der Waals surface area contributed by atoms with Crippen molar-refractivity contribution < 1.29 is 13.2 Å². The second kappa shape index (κ2) is 8.60. The highest BCUT2D eigenvalue weighted by molar-refractivity contribution is 9.10. The van der Waals surface area contributed by atoms with Crippen LogP contribution in [-0.4, -0.2) is 49.8 Å². The first-order chi connectivity index (χ1) is 12.9. The molecule has 0 aliphatic carbocycles. The molecule has 0 aromatic heterocycles. The average Bonchev–Trinajstić information content (AvgIpc) is 2.66. The van der Waals surface area contributed by atoms with E-state index in [1.54, 1.807) is 17.0 Å². The fourth-order valence-corrected chi connectivity index (χ4v) is 5.01. The monoisotopic (exact) mass is 471 g/mol. The van der Waals surface area contributed by atoms with Crippen LogP contribution >= 0.6 is 27.5 Å². The lowest BCUT2D eigenvalue weighted by atomic mass is 10.2. The minimum atomic E-state index is -3.61. The molecule has 2 aromatic rings. The Balaban J connectivity index is 1.56. The summed E-state index contributed by atoms with van der Waals surface area (Å²) in [5.74, 6) is 0. The molecule has 2 aromatic carbocycles. The van der Waals surface area contributed by atoms with Crippen molar-refractivity contribution in [2.45, 2.75) is 11.4 Å². The van der Waals surface area contributed by atoms with Gasteiger partial charge in [0.15, 0.2) is 0 Å². The van der Waals surface area contributed by atoms with E-state index in [1.807, 2.05) is 24.3 Å². The minimum Gasteiger partial charge on any atom is -0.334 e. The molecule has 9 heteroatoms. The molecule has 1 saturated heterocycles. The molecule has 1 N–H and O–H groups in total. The van der Waals surface area contributed by atoms with E-state index in [1.165, 1.54) is 16.4 Å². The van der Waals surface area contributed by atoms with Gasteiger partial charge in [-0.2, -0.15) is 4.31 Å². The molecule has 1 fully saturated rings. The van der Waals surface area contributed by atoms with Crippen molar-refractivity contribution in [2.24, 2.45) is 0 Å². The van der Waals surface area contributed by atoms with Gasteiger partial charge < -0.3 is 10.2 Å². The molecule has 3 rings (SSSR count). The van der Waals surface area contributed by atoms with E-state index >= 15 is 0 Å². The third-order valence-corrected chi connectivity index (χ3v) is 6.92. The van der Waals surface area contributed by atoms with Crippen LogP contribution in [0.3, 0.4) is 0 Å². The van der Waals surface area contributed by atoms with Gasteiger partial charge in [0.2, 0.25) is 10.0 Å². The molecule has 6 nitrogen and oxygen atoms in total. The van der Waals surface area contributed by atoms with E-state index in [9.17, 15) is 13.2 Å². The van der Waals surface area contributed by atoms with Crippen LogP contribution in [0.5, 0.6) is 0 Å². The molecule has 27 heavy (non-hydrogen) atoms. The van der Waals surface area contributed by atoms with Crippen LogP contribution in [0.15, 0.2) is 57.9 Å². The Bertz CT molecular complexity index is 931. The lowest BCUT2D eigenvalue weighted by Gasteiger charge is -2.34. The summed E-state index contributed by atoms with van der Waals surface area (Å²) in [5, 5.41) is 3.25. The number of halogens is 2. The van der Waals surface area contributed by atoms with Crippen molar-refractivity contribution in [1.29, 1.82) is 0 Å². The first-order valence-corrected chi connectivity index (χ1v) is 11.0. The molecule has 144 valence electrons. The molecule has 0 radical (unpaired) electrons. The van der Waals surface area contributed by atoms with Gasteiger partial charge in [-0.3, -0.25) is 0 Å². The Morgan fingerprint density at radius 3 is 2.44 bits per heavy atom. The predicted octanol–water partition coefficient (Wildman–Crippen LogP) is 3.32. The number of amides is 2. The van der Waals surface area contributed by atoms with Gasteiger partial charge in [0.25, 0.3) is 0 Å². The van der Waals surface area contributed by atoms with Crippen molar-refractivity contribution in [3.63, 3.8) is 0 Å². The standard InChI is InChI=1S/C18H19BrClN3O3S/c19-15-4-1-3-14(11-15)13-21-18(24)22-7-9-23(10-8-22)27(25,26)17-6-2-5-16(20)12-17/h1-6,11-12H,7-10,13H2,(H,21,24). The number of sulfonamides is 1. The molecule has 0 atom stereocenters. The van der Waals surface area contributed by atoms with Gasteiger partial charge in [-0.15, -0.1) is 0 Å². The predicted molar refractivity (Wildman–Crippen MR) is 108 cm³/mol. The van der Waals surface area contributed by atoms with E-state index < -0.39 is 10.0 Å². The zero-order chi connectivity index (χ0) is 19.4. The van der Waals surface area contributed by atoms with Gasteiger partial charge in [-0.05, 0) is 35.9 Å². The number of rotatable bonds is 4. The lowest BCUT2D eigenvalue weighted by molar-refractivity contribution is 0.172. The first kappa shape index (κ1) is 20.1. The largest absolute Gasteiger partial charge is 0.334 e. The molecule has 1 heterocycles. The summed E-state index contributed by atoms with van der Waals surface area (Å²) in [4.78, 5) is 14.1. The number of piperazine rings is 1. The second-order valence-corrected chi connectivity index (χ2v) is 9.43. The molecule has 2 amide bonds. The van der Waals surface area contributed by atoms with Crippen LogP contribution in [0.4, 0.5) is 4.79 Å². The number of hydrogen-bond donors (Lipinski definition) is 1. The zero-order valence-electron chi connectivity index (χ0n) is 14.4. The number of nitrogens with one attached hydrogen (secondary N) is 1. The van der Waals surface area contributed by atoms with E-state index in [0.29, 0.717) is 24.7 Å². The molecule has 0 spiro atoms. The number of nitrogens with zero attached hydrogens (tertiary/aromatic N) is 2. The maximum atomic E-state index is 12.7. The number of urea groups is 1. The second-order valence-electron chi connectivity index (χ2n) is 6.14. The smallest absolute Gasteiger partial charge is 0.317 e. The maximum Gasteiger partial charge on any atom is 0.317 e. The molecule has 0 saturated carbocycles. The molecular weight excluding hydrogens is 454 g/mol. The molecule has 0 unspecified atom stereocenters. The fourth-order valence-electron chi connectivity index (χ4n) is 2.84. The van der Waals surface area contributed by atoms with Crippen molar-refractivity contribution in [2.75, 3.05) is 26.2 Å². The number of carbonyl (C=O) groups excluding carboxylic acids is 1. The summed E-state index contributed by atoms with van der Waals surface area (Å²) in [6.07, 6.45) is 0. The van der Waals surface area contributed by atoms with Crippen molar-refractivity contribution in [3.05, 3.63) is 63.6 Å². The number of hydrogen-bond acceptors (Lipinski definition) is 3. The topological polar surface area (TPSA) is 69.7 Å². The minimum absolute atomic E-state index is 0.169. The average molecular weight is 473 g/mol. The molecule has 0 bridgehead atoms. The fraction of sp³-hybridized carbons (Fsp3) is 0.278. The van der Waals surface area contributed by atoms with Crippen molar-refractivity contribution in [1.82, 2.24) is 14.5 Å². The third-order valence-electron chi connectivity index (χ3n) is 4.29. The highest BCUT2D eigenvalue weighted by atomic mass is 79.9. The van der Waals surface area contributed by atoms with E-state index in [2.05, 4.69) is 21.2 Å². The van der Waals surface area contributed by atoms with Crippen LogP contribution in [0.1, 0.15) is 5.56 Å².